The van der Waals surface area contributed by atoms with Gasteiger partial charge in [0.2, 0.25) is 0 Å². The van der Waals surface area contributed by atoms with Gasteiger partial charge in [0.15, 0.2) is 5.69 Å². The van der Waals surface area contributed by atoms with Crippen molar-refractivity contribution in [1.82, 2.24) is 15.0 Å². The molecule has 0 fully saturated rings. The van der Waals surface area contributed by atoms with Crippen LogP contribution in [0.15, 0.2) is 29.2 Å². The zero-order chi connectivity index (χ0) is 15.8. The molecule has 4 nitrogen and oxygen atoms in total. The number of rotatable bonds is 1. The standard InChI is InChI=1S/C11H5F6N3O/c12-10(13,14)6-2-1-5(4-18-6)9-19-7(11(15,16)17)3-8(21)20-9/h1-4H,(H,19,20,21). The molecule has 0 aliphatic carbocycles. The largest absolute Gasteiger partial charge is 0.433 e. The summed E-state index contributed by atoms with van der Waals surface area (Å²) in [6, 6.07) is 1.70. The molecule has 0 saturated heterocycles. The van der Waals surface area contributed by atoms with Crippen LogP contribution in [0.2, 0.25) is 0 Å². The number of hydrogen-bond donors (Lipinski definition) is 1. The van der Waals surface area contributed by atoms with E-state index in [1.54, 1.807) is 0 Å². The zero-order valence-electron chi connectivity index (χ0n) is 9.88. The fourth-order valence-electron chi connectivity index (χ4n) is 1.44. The van der Waals surface area contributed by atoms with Crippen LogP contribution in [0.3, 0.4) is 0 Å². The highest BCUT2D eigenvalue weighted by Crippen LogP contribution is 2.29. The summed E-state index contributed by atoms with van der Waals surface area (Å²) in [5.74, 6) is -0.518. The summed E-state index contributed by atoms with van der Waals surface area (Å²) in [7, 11) is 0. The molecule has 0 amide bonds. The molecule has 0 aliphatic rings. The lowest BCUT2D eigenvalue weighted by molar-refractivity contribution is -0.141. The summed E-state index contributed by atoms with van der Waals surface area (Å²) in [6.07, 6.45) is -8.84. The van der Waals surface area contributed by atoms with Crippen LogP contribution in [0.25, 0.3) is 11.4 Å². The molecule has 10 heteroatoms. The minimum absolute atomic E-state index is 0.175. The number of halogens is 6. The predicted octanol–water partition coefficient (Wildman–Crippen LogP) is 2.87. The van der Waals surface area contributed by atoms with Crippen LogP contribution in [0, 0.1) is 0 Å². The Morgan fingerprint density at radius 2 is 1.57 bits per heavy atom. The fourth-order valence-corrected chi connectivity index (χ4v) is 1.44. The second kappa shape index (κ2) is 4.86. The number of nitrogens with zero attached hydrogens (tertiary/aromatic N) is 2. The van der Waals surface area contributed by atoms with Crippen molar-refractivity contribution in [1.29, 1.82) is 0 Å². The number of H-pyrrole nitrogens is 1. The third-order valence-electron chi connectivity index (χ3n) is 2.36. The Labute approximate surface area is 112 Å². The topological polar surface area (TPSA) is 58.6 Å². The summed E-state index contributed by atoms with van der Waals surface area (Å²) >= 11 is 0. The van der Waals surface area contributed by atoms with Crippen molar-refractivity contribution in [2.75, 3.05) is 0 Å². The number of aromatic nitrogens is 3. The van der Waals surface area contributed by atoms with Crippen LogP contribution < -0.4 is 5.56 Å². The van der Waals surface area contributed by atoms with Crippen molar-refractivity contribution in [3.63, 3.8) is 0 Å². The van der Waals surface area contributed by atoms with Crippen molar-refractivity contribution >= 4 is 0 Å². The quantitative estimate of drug-likeness (QED) is 0.824. The van der Waals surface area contributed by atoms with Crippen molar-refractivity contribution in [3.8, 4) is 11.4 Å². The lowest BCUT2D eigenvalue weighted by Gasteiger charge is -2.08. The van der Waals surface area contributed by atoms with E-state index >= 15 is 0 Å². The van der Waals surface area contributed by atoms with Gasteiger partial charge in [-0.25, -0.2) is 4.98 Å². The maximum atomic E-state index is 12.5. The van der Waals surface area contributed by atoms with Crippen molar-refractivity contribution in [3.05, 3.63) is 46.1 Å². The van der Waals surface area contributed by atoms with Gasteiger partial charge in [-0.05, 0) is 12.1 Å². The van der Waals surface area contributed by atoms with Gasteiger partial charge in [0, 0.05) is 17.8 Å². The number of nitrogens with one attached hydrogen (secondary N) is 1. The Balaban J connectivity index is 2.48. The van der Waals surface area contributed by atoms with E-state index in [1.807, 2.05) is 4.98 Å². The third-order valence-corrected chi connectivity index (χ3v) is 2.36. The molecule has 0 spiro atoms. The predicted molar refractivity (Wildman–Crippen MR) is 58.1 cm³/mol. The van der Waals surface area contributed by atoms with Gasteiger partial charge in [0.25, 0.3) is 5.56 Å². The van der Waals surface area contributed by atoms with E-state index in [0.717, 1.165) is 6.07 Å². The average Bonchev–Trinajstić information content (AvgIpc) is 2.36. The van der Waals surface area contributed by atoms with E-state index in [-0.39, 0.29) is 11.6 Å². The highest BCUT2D eigenvalue weighted by atomic mass is 19.4. The molecule has 0 bridgehead atoms. The lowest BCUT2D eigenvalue weighted by Crippen LogP contribution is -2.17. The van der Waals surface area contributed by atoms with E-state index in [1.165, 1.54) is 0 Å². The van der Waals surface area contributed by atoms with Crippen molar-refractivity contribution in [2.24, 2.45) is 0 Å². The molecule has 0 unspecified atom stereocenters. The molecular weight excluding hydrogens is 304 g/mol. The van der Waals surface area contributed by atoms with Gasteiger partial charge in [0.1, 0.15) is 11.5 Å². The van der Waals surface area contributed by atoms with Crippen LogP contribution in [-0.4, -0.2) is 15.0 Å². The summed E-state index contributed by atoms with van der Waals surface area (Å²) in [6.45, 7) is 0. The van der Waals surface area contributed by atoms with E-state index in [9.17, 15) is 31.1 Å². The van der Waals surface area contributed by atoms with Gasteiger partial charge in [-0.15, -0.1) is 0 Å². The first-order valence-corrected chi connectivity index (χ1v) is 5.29. The Morgan fingerprint density at radius 3 is 2.05 bits per heavy atom. The summed E-state index contributed by atoms with van der Waals surface area (Å²) in [5, 5.41) is 0. The summed E-state index contributed by atoms with van der Waals surface area (Å²) in [4.78, 5) is 19.4. The van der Waals surface area contributed by atoms with E-state index in [2.05, 4.69) is 9.97 Å². The molecule has 2 heterocycles. The highest BCUT2D eigenvalue weighted by Gasteiger charge is 2.34. The second-order valence-electron chi connectivity index (χ2n) is 3.91. The number of aromatic amines is 1. The first-order chi connectivity index (χ1) is 9.57. The van der Waals surface area contributed by atoms with Gasteiger partial charge in [-0.1, -0.05) is 0 Å². The van der Waals surface area contributed by atoms with Gasteiger partial charge >= 0.3 is 12.4 Å². The average molecular weight is 309 g/mol. The second-order valence-corrected chi connectivity index (χ2v) is 3.91. The monoisotopic (exact) mass is 309 g/mol. The molecule has 2 rings (SSSR count). The lowest BCUT2D eigenvalue weighted by atomic mass is 10.2. The SMILES string of the molecule is O=c1cc(C(F)(F)F)nc(-c2ccc(C(F)(F)F)nc2)[nH]1. The van der Waals surface area contributed by atoms with Crippen molar-refractivity contribution < 1.29 is 26.3 Å². The molecule has 21 heavy (non-hydrogen) atoms. The van der Waals surface area contributed by atoms with Crippen molar-refractivity contribution in [2.45, 2.75) is 12.4 Å². The Hall–Kier alpha value is -2.39. The Bertz CT molecular complexity index is 702. The van der Waals surface area contributed by atoms with Crippen LogP contribution in [0.4, 0.5) is 26.3 Å². The molecule has 0 aliphatic heterocycles. The maximum absolute atomic E-state index is 12.5. The van der Waals surface area contributed by atoms with Crippen LogP contribution in [0.5, 0.6) is 0 Å². The first-order valence-electron chi connectivity index (χ1n) is 5.29. The van der Waals surface area contributed by atoms with Crippen LogP contribution in [-0.2, 0) is 12.4 Å². The summed E-state index contributed by atoms with van der Waals surface area (Å²) < 4.78 is 74.5. The molecule has 0 saturated carbocycles. The zero-order valence-corrected chi connectivity index (χ0v) is 9.88. The molecule has 2 aromatic rings. The Morgan fingerprint density at radius 1 is 0.952 bits per heavy atom. The molecule has 112 valence electrons. The maximum Gasteiger partial charge on any atom is 0.433 e. The van der Waals surface area contributed by atoms with E-state index < -0.39 is 35.1 Å². The van der Waals surface area contributed by atoms with E-state index in [0.29, 0.717) is 12.3 Å². The smallest absolute Gasteiger partial charge is 0.306 e. The highest BCUT2D eigenvalue weighted by molar-refractivity contribution is 5.53. The first kappa shape index (κ1) is 15.0. The normalized spacial score (nSPS) is 12.5. The van der Waals surface area contributed by atoms with Crippen LogP contribution in [0.1, 0.15) is 11.4 Å². The number of pyridine rings is 1. The molecular formula is C11H5F6N3O. The van der Waals surface area contributed by atoms with Gasteiger partial charge in [-0.3, -0.25) is 9.78 Å². The molecule has 1 N–H and O–H groups in total. The molecule has 0 radical (unpaired) electrons. The molecule has 2 aromatic heterocycles. The minimum atomic E-state index is -4.84. The van der Waals surface area contributed by atoms with Gasteiger partial charge in [0.05, 0.1) is 0 Å². The van der Waals surface area contributed by atoms with Crippen LogP contribution >= 0.6 is 0 Å². The number of hydrogen-bond acceptors (Lipinski definition) is 3. The molecule has 0 atom stereocenters. The van der Waals surface area contributed by atoms with Gasteiger partial charge in [-0.2, -0.15) is 26.3 Å². The summed E-state index contributed by atoms with van der Waals surface area (Å²) in [5.41, 5.74) is -3.90. The van der Waals surface area contributed by atoms with E-state index in [4.69, 9.17) is 0 Å². The Kier molecular flexibility index (Phi) is 3.47. The molecule has 0 aromatic carbocycles. The minimum Gasteiger partial charge on any atom is -0.306 e. The van der Waals surface area contributed by atoms with Gasteiger partial charge < -0.3 is 4.98 Å². The number of alkyl halides is 6. The fraction of sp³-hybridized carbons (Fsp3) is 0.182. The third kappa shape index (κ3) is 3.38.